The molecule has 6 heteroatoms. The summed E-state index contributed by atoms with van der Waals surface area (Å²) in [7, 11) is 0. The number of hydrogen-bond acceptors (Lipinski definition) is 5. The maximum Gasteiger partial charge on any atom is 0.317 e. The van der Waals surface area contributed by atoms with E-state index < -0.39 is 5.97 Å². The van der Waals surface area contributed by atoms with Gasteiger partial charge >= 0.3 is 5.97 Å². The topological polar surface area (TPSA) is 79.8 Å². The normalized spacial score (nSPS) is 13.7. The van der Waals surface area contributed by atoms with Gasteiger partial charge in [-0.15, -0.1) is 0 Å². The van der Waals surface area contributed by atoms with Gasteiger partial charge in [0.1, 0.15) is 0 Å². The summed E-state index contributed by atoms with van der Waals surface area (Å²) in [6.45, 7) is 2.07. The highest BCUT2D eigenvalue weighted by atomic mass is 16.7. The molecule has 0 saturated heterocycles. The molecule has 19 heavy (non-hydrogen) atoms. The third-order valence-corrected chi connectivity index (χ3v) is 2.66. The molecular formula is C13H18N2O4. The molecule has 0 radical (unpaired) electrons. The van der Waals surface area contributed by atoms with Crippen molar-refractivity contribution in [1.29, 1.82) is 0 Å². The molecule has 0 saturated carbocycles. The average molecular weight is 266 g/mol. The van der Waals surface area contributed by atoms with Crippen LogP contribution in [-0.4, -0.2) is 43.5 Å². The zero-order valence-electron chi connectivity index (χ0n) is 10.6. The minimum Gasteiger partial charge on any atom is -0.480 e. The Hall–Kier alpha value is -1.79. The maximum absolute atomic E-state index is 10.3. The Morgan fingerprint density at radius 3 is 2.42 bits per heavy atom. The second-order valence-electron chi connectivity index (χ2n) is 4.24. The van der Waals surface area contributed by atoms with Crippen LogP contribution in [0, 0.1) is 0 Å². The van der Waals surface area contributed by atoms with Gasteiger partial charge in [-0.05, 0) is 31.6 Å². The molecule has 0 bridgehead atoms. The zero-order chi connectivity index (χ0) is 13.5. The number of aliphatic carboxylic acids is 1. The summed E-state index contributed by atoms with van der Waals surface area (Å²) in [5.41, 5.74) is 0. The molecule has 1 aromatic carbocycles. The van der Waals surface area contributed by atoms with Crippen molar-refractivity contribution >= 4 is 5.97 Å². The number of carbonyl (C=O) groups is 1. The van der Waals surface area contributed by atoms with Crippen LogP contribution >= 0.6 is 0 Å². The summed E-state index contributed by atoms with van der Waals surface area (Å²) in [6, 6.07) is 7.58. The molecule has 3 N–H and O–H groups in total. The van der Waals surface area contributed by atoms with Crippen LogP contribution in [0.2, 0.25) is 0 Å². The van der Waals surface area contributed by atoms with E-state index in [9.17, 15) is 4.79 Å². The minimum absolute atomic E-state index is 0.00412. The number of rotatable bonds is 8. The Bertz CT molecular complexity index is 400. The summed E-state index contributed by atoms with van der Waals surface area (Å²) in [4.78, 5) is 10.3. The Morgan fingerprint density at radius 2 is 1.79 bits per heavy atom. The zero-order valence-corrected chi connectivity index (χ0v) is 10.6. The highest BCUT2D eigenvalue weighted by Gasteiger charge is 2.22. The molecule has 0 atom stereocenters. The highest BCUT2D eigenvalue weighted by molar-refractivity contribution is 5.68. The van der Waals surface area contributed by atoms with Gasteiger partial charge in [0.05, 0.1) is 13.1 Å². The summed E-state index contributed by atoms with van der Waals surface area (Å²) in [5.74, 6) is 0.716. The monoisotopic (exact) mass is 266 g/mol. The van der Waals surface area contributed by atoms with Crippen molar-refractivity contribution in [2.45, 2.75) is 12.7 Å². The third-order valence-electron chi connectivity index (χ3n) is 2.66. The van der Waals surface area contributed by atoms with Crippen molar-refractivity contribution in [2.75, 3.05) is 26.2 Å². The van der Waals surface area contributed by atoms with Crippen LogP contribution in [0.15, 0.2) is 24.3 Å². The number of carboxylic acid groups (broad SMARTS) is 1. The van der Waals surface area contributed by atoms with Gasteiger partial charge < -0.3 is 25.2 Å². The van der Waals surface area contributed by atoms with Crippen molar-refractivity contribution in [2.24, 2.45) is 0 Å². The highest BCUT2D eigenvalue weighted by Crippen LogP contribution is 2.33. The molecule has 0 spiro atoms. The van der Waals surface area contributed by atoms with Crippen molar-refractivity contribution in [3.8, 4) is 11.5 Å². The summed E-state index contributed by atoms with van der Waals surface area (Å²) < 4.78 is 11.2. The molecule has 0 aliphatic carbocycles. The van der Waals surface area contributed by atoms with E-state index in [0.717, 1.165) is 24.5 Å². The molecule has 0 fully saturated rings. The Morgan fingerprint density at radius 1 is 1.16 bits per heavy atom. The lowest BCUT2D eigenvalue weighted by atomic mass is 10.3. The molecule has 1 aliphatic heterocycles. The lowest BCUT2D eigenvalue weighted by molar-refractivity contribution is -0.135. The molecule has 1 aromatic rings. The molecule has 6 nitrogen and oxygen atoms in total. The SMILES string of the molecule is O=C(O)CNCCCNCC1Oc2ccccc2O1. The fraction of sp³-hybridized carbons (Fsp3) is 0.462. The van der Waals surface area contributed by atoms with Gasteiger partial charge in [-0.3, -0.25) is 4.79 Å². The van der Waals surface area contributed by atoms with Crippen molar-refractivity contribution < 1.29 is 19.4 Å². The number of ether oxygens (including phenoxy) is 2. The van der Waals surface area contributed by atoms with Gasteiger partial charge in [0.15, 0.2) is 11.5 Å². The van der Waals surface area contributed by atoms with Crippen LogP contribution in [0.1, 0.15) is 6.42 Å². The fourth-order valence-electron chi connectivity index (χ4n) is 1.79. The number of para-hydroxylation sites is 2. The van der Waals surface area contributed by atoms with Crippen molar-refractivity contribution in [3.63, 3.8) is 0 Å². The Labute approximate surface area is 111 Å². The molecule has 0 aromatic heterocycles. The van der Waals surface area contributed by atoms with Crippen molar-refractivity contribution in [3.05, 3.63) is 24.3 Å². The Balaban J connectivity index is 1.53. The first-order chi connectivity index (χ1) is 9.25. The van der Waals surface area contributed by atoms with E-state index in [1.165, 1.54) is 0 Å². The first-order valence-electron chi connectivity index (χ1n) is 6.31. The maximum atomic E-state index is 10.3. The number of benzene rings is 1. The first-order valence-corrected chi connectivity index (χ1v) is 6.31. The van der Waals surface area contributed by atoms with Gasteiger partial charge in [0.2, 0.25) is 0 Å². The Kier molecular flexibility index (Phi) is 5.00. The summed E-state index contributed by atoms with van der Waals surface area (Å²) in [5, 5.41) is 14.5. The molecule has 1 aliphatic rings. The predicted molar refractivity (Wildman–Crippen MR) is 69.5 cm³/mol. The van der Waals surface area contributed by atoms with Crippen LogP contribution in [0.5, 0.6) is 11.5 Å². The van der Waals surface area contributed by atoms with E-state index in [0.29, 0.717) is 13.1 Å². The largest absolute Gasteiger partial charge is 0.480 e. The van der Waals surface area contributed by atoms with E-state index in [1.54, 1.807) is 0 Å². The molecule has 0 amide bonds. The number of nitrogens with one attached hydrogen (secondary N) is 2. The van der Waals surface area contributed by atoms with Gasteiger partial charge in [0.25, 0.3) is 6.29 Å². The van der Waals surface area contributed by atoms with Gasteiger partial charge in [-0.25, -0.2) is 0 Å². The van der Waals surface area contributed by atoms with Gasteiger partial charge in [-0.1, -0.05) is 12.1 Å². The van der Waals surface area contributed by atoms with E-state index in [2.05, 4.69) is 10.6 Å². The van der Waals surface area contributed by atoms with Crippen molar-refractivity contribution in [1.82, 2.24) is 10.6 Å². The third kappa shape index (κ3) is 4.42. The van der Waals surface area contributed by atoms with E-state index >= 15 is 0 Å². The molecular weight excluding hydrogens is 248 g/mol. The van der Waals surface area contributed by atoms with E-state index in [4.69, 9.17) is 14.6 Å². The number of hydrogen-bond donors (Lipinski definition) is 3. The molecule has 2 rings (SSSR count). The second-order valence-corrected chi connectivity index (χ2v) is 4.24. The van der Waals surface area contributed by atoms with E-state index in [-0.39, 0.29) is 12.8 Å². The lowest BCUT2D eigenvalue weighted by Crippen LogP contribution is -2.34. The average Bonchev–Trinajstić information content (AvgIpc) is 2.79. The quantitative estimate of drug-likeness (QED) is 0.592. The predicted octanol–water partition coefficient (Wildman–Crippen LogP) is 0.438. The summed E-state index contributed by atoms with van der Waals surface area (Å²) >= 11 is 0. The standard InChI is InChI=1S/C13H18N2O4/c16-12(17)8-14-6-3-7-15-9-13-18-10-4-1-2-5-11(10)19-13/h1-2,4-5,13-15H,3,6-9H2,(H,16,17). The number of fused-ring (bicyclic) bond motifs is 1. The van der Waals surface area contributed by atoms with E-state index in [1.807, 2.05) is 24.3 Å². The molecule has 1 heterocycles. The van der Waals surface area contributed by atoms with Gasteiger partial charge in [0, 0.05) is 0 Å². The smallest absolute Gasteiger partial charge is 0.317 e. The number of carboxylic acids is 1. The molecule has 0 unspecified atom stereocenters. The lowest BCUT2D eigenvalue weighted by Gasteiger charge is -2.11. The van der Waals surface area contributed by atoms with Crippen LogP contribution in [0.3, 0.4) is 0 Å². The van der Waals surface area contributed by atoms with Crippen LogP contribution in [0.25, 0.3) is 0 Å². The summed E-state index contributed by atoms with van der Waals surface area (Å²) in [6.07, 6.45) is 0.567. The first kappa shape index (κ1) is 13.6. The van der Waals surface area contributed by atoms with Crippen LogP contribution < -0.4 is 20.1 Å². The van der Waals surface area contributed by atoms with Crippen LogP contribution in [0.4, 0.5) is 0 Å². The van der Waals surface area contributed by atoms with Gasteiger partial charge in [-0.2, -0.15) is 0 Å². The fourth-order valence-corrected chi connectivity index (χ4v) is 1.79. The minimum atomic E-state index is -0.835. The molecule has 104 valence electrons. The van der Waals surface area contributed by atoms with Crippen LogP contribution in [-0.2, 0) is 4.79 Å². The second kappa shape index (κ2) is 6.96.